The summed E-state index contributed by atoms with van der Waals surface area (Å²) in [6.45, 7) is 30.7. The van der Waals surface area contributed by atoms with E-state index in [9.17, 15) is 0 Å². The van der Waals surface area contributed by atoms with Crippen LogP contribution < -0.4 is 0 Å². The minimum absolute atomic E-state index is 0.704. The third-order valence-electron chi connectivity index (χ3n) is 8.36. The minimum Gasteiger partial charge on any atom is -0.469 e. The van der Waals surface area contributed by atoms with Gasteiger partial charge in [-0.25, -0.2) is 9.97 Å². The molecule has 6 rings (SSSR count). The topological polar surface area (TPSA) is 82.2 Å². The van der Waals surface area contributed by atoms with Gasteiger partial charge in [0.1, 0.15) is 5.76 Å². The van der Waals surface area contributed by atoms with Gasteiger partial charge in [-0.3, -0.25) is 9.98 Å². The lowest BCUT2D eigenvalue weighted by molar-refractivity contribution is 0.392. The van der Waals surface area contributed by atoms with Crippen molar-refractivity contribution in [3.05, 3.63) is 115 Å². The molecule has 6 heterocycles. The highest BCUT2D eigenvalue weighted by molar-refractivity contribution is 5.81. The molecule has 0 aliphatic carbocycles. The molecule has 0 bridgehead atoms. The van der Waals surface area contributed by atoms with Gasteiger partial charge in [0.25, 0.3) is 0 Å². The summed E-state index contributed by atoms with van der Waals surface area (Å²) in [6, 6.07) is 14.2. The quantitative estimate of drug-likeness (QED) is 0.134. The van der Waals surface area contributed by atoms with Crippen molar-refractivity contribution in [3.63, 3.8) is 0 Å². The molecule has 0 unspecified atom stereocenters. The molecule has 0 saturated heterocycles. The molecule has 0 radical (unpaired) electrons. The number of hydrogen-bond donors (Lipinski definition) is 0. The summed E-state index contributed by atoms with van der Waals surface area (Å²) in [5.41, 5.74) is 3.93. The number of furan rings is 1. The maximum atomic E-state index is 4.98. The molecule has 9 nitrogen and oxygen atoms in total. The average Bonchev–Trinajstić information content (AvgIpc) is 3.99. The van der Waals surface area contributed by atoms with Crippen LogP contribution in [0.3, 0.4) is 0 Å². The molecular formula is C47H78N8O. The van der Waals surface area contributed by atoms with Gasteiger partial charge in [0.15, 0.2) is 0 Å². The van der Waals surface area contributed by atoms with E-state index in [4.69, 9.17) is 4.42 Å². The number of imidazole rings is 2. The van der Waals surface area contributed by atoms with E-state index in [0.29, 0.717) is 11.8 Å². The van der Waals surface area contributed by atoms with E-state index in [1.165, 1.54) is 29.3 Å². The van der Waals surface area contributed by atoms with Crippen molar-refractivity contribution in [2.75, 3.05) is 19.6 Å². The zero-order valence-electron chi connectivity index (χ0n) is 37.7. The predicted octanol–water partition coefficient (Wildman–Crippen LogP) is 10.9. The lowest BCUT2D eigenvalue weighted by Gasteiger charge is -2.19. The van der Waals surface area contributed by atoms with E-state index in [-0.39, 0.29) is 0 Å². The number of pyridine rings is 1. The van der Waals surface area contributed by atoms with Crippen molar-refractivity contribution >= 4 is 5.84 Å². The van der Waals surface area contributed by atoms with Crippen molar-refractivity contribution in [3.8, 4) is 0 Å². The van der Waals surface area contributed by atoms with Crippen molar-refractivity contribution in [1.29, 1.82) is 0 Å². The largest absolute Gasteiger partial charge is 0.469 e. The Labute approximate surface area is 341 Å². The highest BCUT2D eigenvalue weighted by Gasteiger charge is 2.12. The molecule has 9 heteroatoms. The van der Waals surface area contributed by atoms with Crippen LogP contribution in [0.15, 0.2) is 102 Å². The van der Waals surface area contributed by atoms with Crippen LogP contribution in [0.1, 0.15) is 106 Å². The fourth-order valence-corrected chi connectivity index (χ4v) is 5.65. The number of aromatic nitrogens is 6. The van der Waals surface area contributed by atoms with E-state index in [1.807, 2.05) is 68.8 Å². The standard InChI is InChI=1S/C9H15N.C9H13N.C8H14N2.C8H16N2.C7H12N2.C6H8O/c1-8(2)7-9-5-4-6-10(9)3;1-8(2)7-9-5-3-4-6-10-9;1-7(2)4-8-5-9-6-10(8)3;1-7(2)6-10-5-4-9-8(10)3;1-7(2)5-9-4-3-8-6-9;1-2-6-4-3-5-7-6/h4-6,8H,7H2,1-3H3;3-6,8H,7H2,1-2H3;5-7H,4H2,1-3H3;7H,4-6H2,1-3H3;3-4,6-7H,5H2,1-2H3;3-5H,2H2,1H3. The van der Waals surface area contributed by atoms with E-state index < -0.39 is 0 Å². The highest BCUT2D eigenvalue weighted by atomic mass is 16.3. The van der Waals surface area contributed by atoms with E-state index in [1.54, 1.807) is 6.26 Å². The van der Waals surface area contributed by atoms with Gasteiger partial charge in [-0.2, -0.15) is 0 Å². The van der Waals surface area contributed by atoms with Crippen molar-refractivity contribution in [2.24, 2.45) is 48.7 Å². The van der Waals surface area contributed by atoms with Gasteiger partial charge < -0.3 is 23.0 Å². The van der Waals surface area contributed by atoms with Crippen LogP contribution in [0, 0.1) is 29.6 Å². The average molecular weight is 771 g/mol. The molecule has 1 aliphatic rings. The molecule has 0 N–H and O–H groups in total. The van der Waals surface area contributed by atoms with Crippen LogP contribution in [-0.2, 0) is 46.3 Å². The summed E-state index contributed by atoms with van der Waals surface area (Å²) < 4.78 is 11.3. The smallest absolute Gasteiger partial charge is 0.103 e. The Bertz CT molecular complexity index is 1580. The second-order valence-electron chi connectivity index (χ2n) is 16.6. The van der Waals surface area contributed by atoms with Gasteiger partial charge in [-0.15, -0.1) is 0 Å². The van der Waals surface area contributed by atoms with Crippen molar-refractivity contribution < 1.29 is 4.42 Å². The summed E-state index contributed by atoms with van der Waals surface area (Å²) in [4.78, 5) is 18.9. The molecule has 0 amide bonds. The lowest BCUT2D eigenvalue weighted by atomic mass is 10.1. The van der Waals surface area contributed by atoms with Gasteiger partial charge in [-0.05, 0) is 92.2 Å². The number of rotatable bonds is 11. The number of nitrogens with zero attached hydrogens (tertiary/aromatic N) is 8. The summed E-state index contributed by atoms with van der Waals surface area (Å²) >= 11 is 0. The fraction of sp³-hybridized carbons (Fsp3) is 0.574. The molecule has 0 spiro atoms. The van der Waals surface area contributed by atoms with Crippen LogP contribution in [0.2, 0.25) is 0 Å². The van der Waals surface area contributed by atoms with Gasteiger partial charge >= 0.3 is 0 Å². The molecule has 0 saturated carbocycles. The van der Waals surface area contributed by atoms with E-state index in [0.717, 1.165) is 69.0 Å². The van der Waals surface area contributed by atoms with Crippen LogP contribution in [0.5, 0.6) is 0 Å². The molecule has 5 aromatic heterocycles. The summed E-state index contributed by atoms with van der Waals surface area (Å²) in [5.74, 6) is 5.91. The zero-order valence-corrected chi connectivity index (χ0v) is 37.7. The number of hydrogen-bond acceptors (Lipinski definition) is 6. The maximum absolute atomic E-state index is 4.98. The molecule has 0 atom stereocenters. The maximum Gasteiger partial charge on any atom is 0.103 e. The number of aryl methyl sites for hydroxylation is 3. The Morgan fingerprint density at radius 2 is 1.34 bits per heavy atom. The first-order valence-corrected chi connectivity index (χ1v) is 20.8. The summed E-state index contributed by atoms with van der Waals surface area (Å²) in [6.07, 6.45) is 19.4. The Morgan fingerprint density at radius 1 is 0.661 bits per heavy atom. The lowest BCUT2D eigenvalue weighted by Crippen LogP contribution is -2.29. The molecule has 312 valence electrons. The van der Waals surface area contributed by atoms with Gasteiger partial charge in [0.05, 0.1) is 31.3 Å². The Balaban J connectivity index is 0.000000337. The molecule has 56 heavy (non-hydrogen) atoms. The zero-order chi connectivity index (χ0) is 41.9. The highest BCUT2D eigenvalue weighted by Crippen LogP contribution is 2.08. The van der Waals surface area contributed by atoms with Crippen LogP contribution >= 0.6 is 0 Å². The predicted molar refractivity (Wildman–Crippen MR) is 238 cm³/mol. The minimum atomic E-state index is 0.704. The Hall–Kier alpha value is -4.40. The third kappa shape index (κ3) is 24.2. The molecule has 5 aromatic rings. The first-order chi connectivity index (χ1) is 26.6. The molecule has 0 aromatic carbocycles. The second-order valence-corrected chi connectivity index (χ2v) is 16.6. The monoisotopic (exact) mass is 771 g/mol. The molecule has 1 aliphatic heterocycles. The van der Waals surface area contributed by atoms with E-state index >= 15 is 0 Å². The van der Waals surface area contributed by atoms with Crippen LogP contribution in [-0.4, -0.2) is 59.0 Å². The van der Waals surface area contributed by atoms with Crippen molar-refractivity contribution in [1.82, 2.24) is 33.6 Å². The Kier molecular flexibility index (Phi) is 25.6. The molecule has 0 fully saturated rings. The van der Waals surface area contributed by atoms with Crippen LogP contribution in [0.4, 0.5) is 0 Å². The second kappa shape index (κ2) is 28.9. The van der Waals surface area contributed by atoms with Gasteiger partial charge in [0, 0.05) is 88.2 Å². The number of aliphatic imine (C=N–C) groups is 1. The summed E-state index contributed by atoms with van der Waals surface area (Å²) in [7, 11) is 4.13. The molecular weight excluding hydrogens is 693 g/mol. The van der Waals surface area contributed by atoms with Crippen molar-refractivity contribution in [2.45, 2.75) is 115 Å². The first kappa shape index (κ1) is 49.6. The van der Waals surface area contributed by atoms with Gasteiger partial charge in [-0.1, -0.05) is 82.2 Å². The third-order valence-corrected chi connectivity index (χ3v) is 8.36. The normalized spacial score (nSPS) is 11.8. The van der Waals surface area contributed by atoms with Crippen LogP contribution in [0.25, 0.3) is 0 Å². The van der Waals surface area contributed by atoms with E-state index in [2.05, 4.69) is 153 Å². The SMILES string of the molecule is CC(C)Cc1ccccn1.CC(C)Cc1cccn1C.CC(C)Cc1cncn1C.CC(C)Cn1ccnc1.CC1=NCCN1CC(C)C.CCc1ccco1. The number of amidine groups is 1. The van der Waals surface area contributed by atoms with Gasteiger partial charge in [0.2, 0.25) is 0 Å². The Morgan fingerprint density at radius 3 is 1.75 bits per heavy atom. The fourth-order valence-electron chi connectivity index (χ4n) is 5.65. The summed E-state index contributed by atoms with van der Waals surface area (Å²) in [5, 5.41) is 0. The first-order valence-electron chi connectivity index (χ1n) is 20.8.